The fraction of sp³-hybridized carbons (Fsp3) is 0.250. The maximum atomic E-state index is 14.2. The lowest BCUT2D eigenvalue weighted by molar-refractivity contribution is -0.249. The van der Waals surface area contributed by atoms with Crippen molar-refractivity contribution < 1.29 is 59.3 Å². The molecule has 0 spiro atoms. The second-order valence-corrected chi connectivity index (χ2v) is 11.6. The summed E-state index contributed by atoms with van der Waals surface area (Å²) in [5.74, 6) is -1.36. The number of ether oxygens (including phenoxy) is 1. The molecule has 3 aromatic carbocycles. The molecule has 0 unspecified atom stereocenters. The number of hydrogen-bond acceptors (Lipinski definition) is 12. The van der Waals surface area contributed by atoms with Crippen LogP contribution < -0.4 is 0 Å². The third-order valence-corrected chi connectivity index (χ3v) is 8.88. The minimum absolute atomic E-state index is 0.00846. The predicted molar refractivity (Wildman–Crippen MR) is 161 cm³/mol. The van der Waals surface area contributed by atoms with Crippen molar-refractivity contribution in [3.63, 3.8) is 0 Å². The molecule has 1 saturated heterocycles. The lowest BCUT2D eigenvalue weighted by Crippen LogP contribution is -2.56. The molecule has 242 valence electrons. The molecular formula is C32H27N3O12. The van der Waals surface area contributed by atoms with Crippen LogP contribution in [0.2, 0.25) is 0 Å². The first-order chi connectivity index (χ1) is 22.6. The summed E-state index contributed by atoms with van der Waals surface area (Å²) in [5, 5.41) is 74.5. The number of benzene rings is 3. The van der Waals surface area contributed by atoms with Gasteiger partial charge in [0.1, 0.15) is 60.6 Å². The number of amides is 2. The van der Waals surface area contributed by atoms with E-state index in [9.17, 15) is 45.3 Å². The second kappa shape index (κ2) is 10.5. The average molecular weight is 646 g/mol. The monoisotopic (exact) mass is 645 g/mol. The highest BCUT2D eigenvalue weighted by molar-refractivity contribution is 6.39. The smallest absolute Gasteiger partial charge is 0.286 e. The molecule has 0 radical (unpaired) electrons. The van der Waals surface area contributed by atoms with Gasteiger partial charge in [-0.15, -0.1) is 5.06 Å². The number of aromatic hydroxyl groups is 2. The van der Waals surface area contributed by atoms with Crippen LogP contribution in [-0.4, -0.2) is 93.2 Å². The zero-order valence-electron chi connectivity index (χ0n) is 24.2. The highest BCUT2D eigenvalue weighted by Crippen LogP contribution is 2.48. The van der Waals surface area contributed by atoms with Gasteiger partial charge in [0, 0.05) is 33.7 Å². The van der Waals surface area contributed by atoms with Gasteiger partial charge in [0.25, 0.3) is 11.8 Å². The van der Waals surface area contributed by atoms with Gasteiger partial charge in [-0.05, 0) is 36.4 Å². The van der Waals surface area contributed by atoms with E-state index in [0.29, 0.717) is 21.4 Å². The van der Waals surface area contributed by atoms with Crippen molar-refractivity contribution in [2.24, 2.45) is 0 Å². The second-order valence-electron chi connectivity index (χ2n) is 11.6. The van der Waals surface area contributed by atoms with Crippen LogP contribution in [-0.2, 0) is 22.8 Å². The van der Waals surface area contributed by atoms with E-state index in [1.54, 1.807) is 6.07 Å². The van der Waals surface area contributed by atoms with Crippen molar-refractivity contribution in [2.45, 2.75) is 43.9 Å². The first kappa shape index (κ1) is 29.4. The van der Waals surface area contributed by atoms with Crippen LogP contribution in [0.1, 0.15) is 38.5 Å². The molecule has 0 saturated carbocycles. The molecule has 8 rings (SSSR count). The third-order valence-electron chi connectivity index (χ3n) is 8.88. The minimum atomic E-state index is -1.75. The van der Waals surface area contributed by atoms with E-state index in [0.717, 1.165) is 0 Å². The SMILES string of the molecule is O=C1c2c(c3c4ccc(O)cc4n([C@@H]4O[C@H](CO)[C@@H](O)[C@H](O)[C@H]4O)c3c3[nH]c4cc(O)ccc4c23)C(=O)N1OCc1ccc(CO)o1. The molecule has 2 aliphatic heterocycles. The number of hydrogen-bond donors (Lipinski definition) is 8. The fourth-order valence-corrected chi connectivity index (χ4v) is 6.78. The largest absolute Gasteiger partial charge is 0.508 e. The number of rotatable bonds is 6. The number of fused-ring (bicyclic) bond motifs is 10. The van der Waals surface area contributed by atoms with E-state index in [1.807, 2.05) is 0 Å². The van der Waals surface area contributed by atoms with Crippen LogP contribution in [0.25, 0.3) is 43.6 Å². The number of imide groups is 1. The van der Waals surface area contributed by atoms with E-state index in [4.69, 9.17) is 14.0 Å². The summed E-state index contributed by atoms with van der Waals surface area (Å²) in [7, 11) is 0. The van der Waals surface area contributed by atoms with E-state index in [-0.39, 0.29) is 74.7 Å². The van der Waals surface area contributed by atoms with Gasteiger partial charge in [-0.3, -0.25) is 14.4 Å². The van der Waals surface area contributed by atoms with Crippen molar-refractivity contribution >= 4 is 55.4 Å². The molecule has 3 aromatic heterocycles. The number of nitrogens with zero attached hydrogens (tertiary/aromatic N) is 2. The molecule has 8 N–H and O–H groups in total. The number of phenolic OH excluding ortho intramolecular Hbond substituents is 2. The Kier molecular flexibility index (Phi) is 6.58. The number of aliphatic hydroxyl groups excluding tert-OH is 5. The molecule has 0 bridgehead atoms. The van der Waals surface area contributed by atoms with Crippen LogP contribution in [0.15, 0.2) is 52.9 Å². The average Bonchev–Trinajstić information content (AvgIpc) is 3.81. The van der Waals surface area contributed by atoms with E-state index >= 15 is 0 Å². The summed E-state index contributed by atoms with van der Waals surface area (Å²) in [4.78, 5) is 37.3. The van der Waals surface area contributed by atoms with Gasteiger partial charge >= 0.3 is 0 Å². The van der Waals surface area contributed by atoms with E-state index in [1.165, 1.54) is 47.0 Å². The Morgan fingerprint density at radius 2 is 1.49 bits per heavy atom. The summed E-state index contributed by atoms with van der Waals surface area (Å²) in [6.07, 6.45) is -7.90. The van der Waals surface area contributed by atoms with Gasteiger partial charge in [0.15, 0.2) is 6.23 Å². The maximum absolute atomic E-state index is 14.2. The minimum Gasteiger partial charge on any atom is -0.508 e. The van der Waals surface area contributed by atoms with E-state index in [2.05, 4.69) is 4.98 Å². The molecular weight excluding hydrogens is 618 g/mol. The van der Waals surface area contributed by atoms with Gasteiger partial charge in [-0.1, -0.05) is 0 Å². The Labute approximate surface area is 262 Å². The standard InChI is InChI=1S/C32H27N3O12/c36-9-14-3-4-15(46-14)11-45-35-30(43)23-21-16-5-1-12(38)7-18(16)33-25(21)26-22(24(23)31(35)44)17-6-2-13(39)8-19(17)34(26)32-29(42)28(41)27(40)20(10-37)47-32/h1-8,20,27-29,32-33,36-42H,9-11H2/t20-,27-,28+,29-,32-/m1/s1. The number of aromatic nitrogens is 2. The Hall–Kier alpha value is -5.00. The molecule has 6 aromatic rings. The molecule has 5 heterocycles. The van der Waals surface area contributed by atoms with Crippen LogP contribution in [0.5, 0.6) is 11.5 Å². The summed E-state index contributed by atoms with van der Waals surface area (Å²) < 4.78 is 12.8. The Morgan fingerprint density at radius 1 is 0.809 bits per heavy atom. The number of hydroxylamine groups is 2. The molecule has 2 aliphatic rings. The van der Waals surface area contributed by atoms with Gasteiger partial charge in [0.05, 0.1) is 39.8 Å². The number of carbonyl (C=O) groups is 2. The highest BCUT2D eigenvalue weighted by Gasteiger charge is 2.47. The lowest BCUT2D eigenvalue weighted by atomic mass is 9.96. The molecule has 47 heavy (non-hydrogen) atoms. The summed E-state index contributed by atoms with van der Waals surface area (Å²) in [6.45, 7) is -1.37. The quantitative estimate of drug-likeness (QED) is 0.121. The van der Waals surface area contributed by atoms with Crippen molar-refractivity contribution in [3.05, 3.63) is 71.2 Å². The van der Waals surface area contributed by atoms with Crippen LogP contribution in [0, 0.1) is 0 Å². The number of aromatic amines is 1. The number of aliphatic hydroxyl groups is 5. The first-order valence-electron chi connectivity index (χ1n) is 14.6. The van der Waals surface area contributed by atoms with Crippen LogP contribution >= 0.6 is 0 Å². The third kappa shape index (κ3) is 4.12. The molecule has 1 fully saturated rings. The Bertz CT molecular complexity index is 2270. The molecule has 15 nitrogen and oxygen atoms in total. The molecule has 2 amide bonds. The van der Waals surface area contributed by atoms with Crippen LogP contribution in [0.4, 0.5) is 0 Å². The van der Waals surface area contributed by atoms with Gasteiger partial charge in [0.2, 0.25) is 0 Å². The number of carbonyl (C=O) groups excluding carboxylic acids is 2. The number of nitrogens with one attached hydrogen (secondary N) is 1. The van der Waals surface area contributed by atoms with Crippen molar-refractivity contribution in [3.8, 4) is 11.5 Å². The van der Waals surface area contributed by atoms with Crippen molar-refractivity contribution in [1.82, 2.24) is 14.6 Å². The Balaban J connectivity index is 1.44. The van der Waals surface area contributed by atoms with Crippen molar-refractivity contribution in [2.75, 3.05) is 6.61 Å². The molecule has 5 atom stereocenters. The zero-order valence-corrected chi connectivity index (χ0v) is 24.2. The van der Waals surface area contributed by atoms with Gasteiger partial charge < -0.3 is 54.5 Å². The topological polar surface area (TPSA) is 231 Å². The van der Waals surface area contributed by atoms with E-state index < -0.39 is 49.1 Å². The number of furan rings is 1. The molecule has 0 aliphatic carbocycles. The zero-order chi connectivity index (χ0) is 32.9. The Morgan fingerprint density at radius 3 is 2.19 bits per heavy atom. The summed E-state index contributed by atoms with van der Waals surface area (Å²) in [5.41, 5.74) is 1.07. The fourth-order valence-electron chi connectivity index (χ4n) is 6.78. The summed E-state index contributed by atoms with van der Waals surface area (Å²) in [6, 6.07) is 11.7. The van der Waals surface area contributed by atoms with Crippen molar-refractivity contribution in [1.29, 1.82) is 0 Å². The lowest BCUT2D eigenvalue weighted by Gasteiger charge is -2.41. The van der Waals surface area contributed by atoms with Crippen LogP contribution in [0.3, 0.4) is 0 Å². The predicted octanol–water partition coefficient (Wildman–Crippen LogP) is 1.63. The first-order valence-corrected chi connectivity index (χ1v) is 14.6. The highest BCUT2D eigenvalue weighted by atomic mass is 16.7. The number of phenols is 2. The normalized spacial score (nSPS) is 23.3. The summed E-state index contributed by atoms with van der Waals surface area (Å²) >= 11 is 0. The maximum Gasteiger partial charge on any atom is 0.286 e. The van der Waals surface area contributed by atoms with Gasteiger partial charge in [-0.2, -0.15) is 0 Å². The van der Waals surface area contributed by atoms with Gasteiger partial charge in [-0.25, -0.2) is 0 Å². The number of H-pyrrole nitrogens is 1. The molecule has 15 heteroatoms.